The third-order valence-corrected chi connectivity index (χ3v) is 3.43. The van der Waals surface area contributed by atoms with Gasteiger partial charge in [-0.25, -0.2) is 4.98 Å². The van der Waals surface area contributed by atoms with Gasteiger partial charge in [-0.15, -0.1) is 0 Å². The second-order valence-corrected chi connectivity index (χ2v) is 4.76. The Morgan fingerprint density at radius 3 is 2.89 bits per heavy atom. The lowest BCUT2D eigenvalue weighted by Gasteiger charge is -2.26. The number of fused-ring (bicyclic) bond motifs is 1. The zero-order chi connectivity index (χ0) is 12.2. The Morgan fingerprint density at radius 1 is 1.22 bits per heavy atom. The number of para-hydroxylation sites is 2. The van der Waals surface area contributed by atoms with Crippen LogP contribution in [0.3, 0.4) is 0 Å². The van der Waals surface area contributed by atoms with E-state index in [9.17, 15) is 0 Å². The van der Waals surface area contributed by atoms with E-state index in [1.165, 1.54) is 0 Å². The lowest BCUT2D eigenvalue weighted by atomic mass is 10.2. The molecular weight excluding hydrogens is 226 g/mol. The van der Waals surface area contributed by atoms with E-state index in [1.54, 1.807) is 0 Å². The summed E-state index contributed by atoms with van der Waals surface area (Å²) in [6, 6.07) is 8.20. The van der Waals surface area contributed by atoms with Crippen LogP contribution in [0.4, 0.5) is 0 Å². The number of nitrogens with one attached hydrogen (secondary N) is 1. The van der Waals surface area contributed by atoms with Crippen molar-refractivity contribution in [2.24, 2.45) is 0 Å². The number of morpholine rings is 1. The minimum absolute atomic E-state index is 0.880. The highest BCUT2D eigenvalue weighted by Crippen LogP contribution is 2.11. The Morgan fingerprint density at radius 2 is 2.06 bits per heavy atom. The van der Waals surface area contributed by atoms with Crippen LogP contribution in [0.15, 0.2) is 24.3 Å². The lowest BCUT2D eigenvalue weighted by Crippen LogP contribution is -2.36. The zero-order valence-electron chi connectivity index (χ0n) is 10.6. The summed E-state index contributed by atoms with van der Waals surface area (Å²) in [7, 11) is 0. The molecule has 1 fully saturated rings. The van der Waals surface area contributed by atoms with Gasteiger partial charge in [0.05, 0.1) is 24.2 Å². The summed E-state index contributed by atoms with van der Waals surface area (Å²) in [5.41, 5.74) is 2.21. The predicted molar refractivity (Wildman–Crippen MR) is 71.7 cm³/mol. The van der Waals surface area contributed by atoms with Crippen molar-refractivity contribution in [3.8, 4) is 0 Å². The Bertz CT molecular complexity index is 469. The summed E-state index contributed by atoms with van der Waals surface area (Å²) in [5, 5.41) is 0. The van der Waals surface area contributed by atoms with Crippen LogP contribution in [-0.4, -0.2) is 47.7 Å². The van der Waals surface area contributed by atoms with Crippen LogP contribution in [0.2, 0.25) is 0 Å². The number of rotatable bonds is 4. The quantitative estimate of drug-likeness (QED) is 0.893. The molecule has 2 heterocycles. The van der Waals surface area contributed by atoms with Gasteiger partial charge in [0.25, 0.3) is 0 Å². The minimum Gasteiger partial charge on any atom is -0.379 e. The van der Waals surface area contributed by atoms with Crippen LogP contribution >= 0.6 is 0 Å². The molecule has 0 bridgehead atoms. The van der Waals surface area contributed by atoms with Gasteiger partial charge < -0.3 is 9.72 Å². The molecule has 0 amide bonds. The molecule has 1 aliphatic heterocycles. The summed E-state index contributed by atoms with van der Waals surface area (Å²) in [6.45, 7) is 5.04. The van der Waals surface area contributed by atoms with E-state index >= 15 is 0 Å². The number of aromatic nitrogens is 2. The smallest absolute Gasteiger partial charge is 0.107 e. The number of hydrogen-bond acceptors (Lipinski definition) is 3. The van der Waals surface area contributed by atoms with Crippen molar-refractivity contribution < 1.29 is 4.74 Å². The largest absolute Gasteiger partial charge is 0.379 e. The highest BCUT2D eigenvalue weighted by Gasteiger charge is 2.10. The first-order chi connectivity index (χ1) is 8.92. The first kappa shape index (κ1) is 11.7. The molecule has 0 unspecified atom stereocenters. The molecule has 2 aromatic rings. The van der Waals surface area contributed by atoms with Crippen LogP contribution in [0.25, 0.3) is 11.0 Å². The maximum atomic E-state index is 5.34. The Kier molecular flexibility index (Phi) is 3.57. The normalized spacial score (nSPS) is 17.3. The lowest BCUT2D eigenvalue weighted by molar-refractivity contribution is 0.0374. The van der Waals surface area contributed by atoms with E-state index in [4.69, 9.17) is 4.74 Å². The van der Waals surface area contributed by atoms with Crippen molar-refractivity contribution in [2.75, 3.05) is 32.8 Å². The van der Waals surface area contributed by atoms with Gasteiger partial charge >= 0.3 is 0 Å². The van der Waals surface area contributed by atoms with Gasteiger partial charge in [0, 0.05) is 19.5 Å². The highest BCUT2D eigenvalue weighted by atomic mass is 16.5. The molecule has 0 radical (unpaired) electrons. The van der Waals surface area contributed by atoms with Crippen molar-refractivity contribution >= 4 is 11.0 Å². The molecule has 1 aromatic carbocycles. The number of H-pyrrole nitrogens is 1. The van der Waals surface area contributed by atoms with E-state index in [1.807, 2.05) is 12.1 Å². The summed E-state index contributed by atoms with van der Waals surface area (Å²) < 4.78 is 5.34. The van der Waals surface area contributed by atoms with Gasteiger partial charge in [0.15, 0.2) is 0 Å². The summed E-state index contributed by atoms with van der Waals surface area (Å²) >= 11 is 0. The molecule has 0 atom stereocenters. The van der Waals surface area contributed by atoms with E-state index in [0.29, 0.717) is 0 Å². The van der Waals surface area contributed by atoms with E-state index in [0.717, 1.165) is 62.5 Å². The molecule has 3 rings (SSSR count). The molecule has 1 saturated heterocycles. The number of aryl methyl sites for hydroxylation is 1. The Hall–Kier alpha value is -1.39. The highest BCUT2D eigenvalue weighted by molar-refractivity contribution is 5.74. The molecule has 18 heavy (non-hydrogen) atoms. The second kappa shape index (κ2) is 5.50. The average molecular weight is 245 g/mol. The van der Waals surface area contributed by atoms with Gasteiger partial charge in [-0.1, -0.05) is 12.1 Å². The summed E-state index contributed by atoms with van der Waals surface area (Å²) in [6.07, 6.45) is 2.17. The number of benzene rings is 1. The number of imidazole rings is 1. The molecule has 0 saturated carbocycles. The first-order valence-electron chi connectivity index (χ1n) is 6.65. The fourth-order valence-corrected chi connectivity index (χ4v) is 2.42. The van der Waals surface area contributed by atoms with Gasteiger partial charge in [0.2, 0.25) is 0 Å². The molecule has 96 valence electrons. The van der Waals surface area contributed by atoms with E-state index in [-0.39, 0.29) is 0 Å². The van der Waals surface area contributed by atoms with E-state index < -0.39 is 0 Å². The van der Waals surface area contributed by atoms with Crippen LogP contribution in [0, 0.1) is 0 Å². The third kappa shape index (κ3) is 2.71. The first-order valence-corrected chi connectivity index (χ1v) is 6.65. The Labute approximate surface area is 107 Å². The average Bonchev–Trinajstić information content (AvgIpc) is 2.82. The number of nitrogens with zero attached hydrogens (tertiary/aromatic N) is 2. The predicted octanol–water partition coefficient (Wildman–Crippen LogP) is 1.83. The van der Waals surface area contributed by atoms with Gasteiger partial charge in [-0.3, -0.25) is 4.90 Å². The molecule has 1 aromatic heterocycles. The molecule has 0 spiro atoms. The fourth-order valence-electron chi connectivity index (χ4n) is 2.42. The monoisotopic (exact) mass is 245 g/mol. The number of hydrogen-bond donors (Lipinski definition) is 1. The standard InChI is InChI=1S/C14H19N3O/c1-2-5-13-12(4-1)15-14(16-13)6-3-7-17-8-10-18-11-9-17/h1-2,4-5H,3,6-11H2,(H,15,16). The number of ether oxygens (including phenoxy) is 1. The van der Waals surface area contributed by atoms with Crippen molar-refractivity contribution in [3.63, 3.8) is 0 Å². The van der Waals surface area contributed by atoms with Crippen molar-refractivity contribution in [1.29, 1.82) is 0 Å². The molecule has 1 N–H and O–H groups in total. The second-order valence-electron chi connectivity index (χ2n) is 4.76. The molecule has 4 heteroatoms. The van der Waals surface area contributed by atoms with Crippen LogP contribution < -0.4 is 0 Å². The van der Waals surface area contributed by atoms with Crippen LogP contribution in [0.5, 0.6) is 0 Å². The van der Waals surface area contributed by atoms with Crippen molar-refractivity contribution in [2.45, 2.75) is 12.8 Å². The summed E-state index contributed by atoms with van der Waals surface area (Å²) in [4.78, 5) is 10.4. The molecular formula is C14H19N3O. The number of aromatic amines is 1. The Balaban J connectivity index is 1.53. The van der Waals surface area contributed by atoms with E-state index in [2.05, 4.69) is 27.0 Å². The van der Waals surface area contributed by atoms with Gasteiger partial charge in [-0.05, 0) is 25.1 Å². The summed E-state index contributed by atoms with van der Waals surface area (Å²) in [5.74, 6) is 1.10. The maximum Gasteiger partial charge on any atom is 0.107 e. The van der Waals surface area contributed by atoms with Gasteiger partial charge in [0.1, 0.15) is 5.82 Å². The molecule has 1 aliphatic rings. The van der Waals surface area contributed by atoms with Gasteiger partial charge in [-0.2, -0.15) is 0 Å². The van der Waals surface area contributed by atoms with Crippen molar-refractivity contribution in [1.82, 2.24) is 14.9 Å². The topological polar surface area (TPSA) is 41.2 Å². The SMILES string of the molecule is c1ccc2[nH]c(CCCN3CCOCC3)nc2c1. The molecule has 4 nitrogen and oxygen atoms in total. The maximum absolute atomic E-state index is 5.34. The minimum atomic E-state index is 0.880. The molecule has 0 aliphatic carbocycles. The fraction of sp³-hybridized carbons (Fsp3) is 0.500. The van der Waals surface area contributed by atoms with Crippen molar-refractivity contribution in [3.05, 3.63) is 30.1 Å². The van der Waals surface area contributed by atoms with Crippen LogP contribution in [-0.2, 0) is 11.2 Å². The van der Waals surface area contributed by atoms with Crippen LogP contribution in [0.1, 0.15) is 12.2 Å². The third-order valence-electron chi connectivity index (χ3n) is 3.43. The zero-order valence-corrected chi connectivity index (χ0v) is 10.6.